The van der Waals surface area contributed by atoms with Crippen molar-refractivity contribution in [1.29, 1.82) is 0 Å². The topological polar surface area (TPSA) is 86.3 Å². The number of non-ortho nitro benzene ring substituents is 2. The van der Waals surface area contributed by atoms with Crippen molar-refractivity contribution in [3.05, 3.63) is 128 Å². The summed E-state index contributed by atoms with van der Waals surface area (Å²) in [7, 11) is 0. The summed E-state index contributed by atoms with van der Waals surface area (Å²) in [6, 6.07) is 28.2. The number of hydrogen-bond donors (Lipinski definition) is 0. The number of nitrogens with zero attached hydrogens (tertiary/aromatic N) is 2. The quantitative estimate of drug-likeness (QED) is 0.222. The second-order valence-corrected chi connectivity index (χ2v) is 7.01. The average Bonchev–Trinajstić information content (AvgIpc) is 2.83. The summed E-state index contributed by atoms with van der Waals surface area (Å²) in [5.41, 5.74) is 5.56. The first-order chi connectivity index (χ1) is 15.5. The van der Waals surface area contributed by atoms with Gasteiger partial charge in [0.05, 0.1) is 9.85 Å². The largest absolute Gasteiger partial charge is 0.269 e. The fraction of sp³-hybridized carbons (Fsp3) is 0. The van der Waals surface area contributed by atoms with Gasteiger partial charge in [-0.25, -0.2) is 0 Å². The first-order valence-corrected chi connectivity index (χ1v) is 9.71. The van der Waals surface area contributed by atoms with Crippen molar-refractivity contribution in [3.63, 3.8) is 0 Å². The lowest BCUT2D eigenvalue weighted by Crippen LogP contribution is -1.87. The highest BCUT2D eigenvalue weighted by molar-refractivity contribution is 5.67. The van der Waals surface area contributed by atoms with E-state index in [1.165, 1.54) is 24.3 Å². The lowest BCUT2D eigenvalue weighted by Gasteiger charge is -2.02. The predicted octanol–water partition coefficient (Wildman–Crippen LogP) is 6.24. The highest BCUT2D eigenvalue weighted by Gasteiger charge is 2.06. The molecule has 0 saturated heterocycles. The summed E-state index contributed by atoms with van der Waals surface area (Å²) in [5.74, 6) is 6.26. The molecule has 0 aromatic heterocycles. The molecule has 0 atom stereocenters. The predicted molar refractivity (Wildman–Crippen MR) is 123 cm³/mol. The average molecular weight is 420 g/mol. The Labute approximate surface area is 184 Å². The third kappa shape index (κ3) is 4.69. The van der Waals surface area contributed by atoms with E-state index < -0.39 is 9.85 Å². The Morgan fingerprint density at radius 1 is 0.438 bits per heavy atom. The minimum atomic E-state index is -0.416. The maximum Gasteiger partial charge on any atom is 0.269 e. The standard InChI is InChI=1S/C26H16N2O4/c29-27(30)25-15-11-23(12-16-25)21-7-3-19(4-8-21)1-2-20-5-9-22(10-6-20)24-13-17-26(18-14-24)28(31)32/h3-18H. The molecule has 0 aliphatic carbocycles. The van der Waals surface area contributed by atoms with E-state index in [0.717, 1.165) is 33.4 Å². The molecular formula is C26H16N2O4. The Hall–Kier alpha value is -4.76. The third-order valence-corrected chi connectivity index (χ3v) is 4.94. The SMILES string of the molecule is O=[N+]([O-])c1ccc(-c2ccc(C#Cc3ccc(-c4ccc([N+](=O)[O-])cc4)cc3)cc2)cc1. The second-order valence-electron chi connectivity index (χ2n) is 7.01. The lowest BCUT2D eigenvalue weighted by molar-refractivity contribution is -0.385. The zero-order valence-corrected chi connectivity index (χ0v) is 16.8. The van der Waals surface area contributed by atoms with Gasteiger partial charge >= 0.3 is 0 Å². The van der Waals surface area contributed by atoms with Gasteiger partial charge in [-0.3, -0.25) is 20.2 Å². The van der Waals surface area contributed by atoms with E-state index in [2.05, 4.69) is 11.8 Å². The fourth-order valence-corrected chi connectivity index (χ4v) is 3.19. The van der Waals surface area contributed by atoms with Crippen LogP contribution in [0.1, 0.15) is 11.1 Å². The highest BCUT2D eigenvalue weighted by Crippen LogP contribution is 2.24. The Balaban J connectivity index is 1.46. The van der Waals surface area contributed by atoms with Crippen LogP contribution in [0.2, 0.25) is 0 Å². The van der Waals surface area contributed by atoms with Crippen molar-refractivity contribution >= 4 is 11.4 Å². The number of nitro groups is 2. The molecule has 0 aliphatic heterocycles. The highest BCUT2D eigenvalue weighted by atomic mass is 16.6. The monoisotopic (exact) mass is 420 g/mol. The van der Waals surface area contributed by atoms with Crippen molar-refractivity contribution in [1.82, 2.24) is 0 Å². The van der Waals surface area contributed by atoms with Gasteiger partial charge in [0.25, 0.3) is 11.4 Å². The van der Waals surface area contributed by atoms with Crippen LogP contribution in [0.25, 0.3) is 22.3 Å². The number of rotatable bonds is 4. The minimum absolute atomic E-state index is 0.0656. The maximum atomic E-state index is 10.8. The summed E-state index contributed by atoms with van der Waals surface area (Å²) in [6.07, 6.45) is 0. The number of benzene rings is 4. The van der Waals surface area contributed by atoms with Crippen molar-refractivity contribution < 1.29 is 9.85 Å². The molecule has 154 valence electrons. The molecule has 32 heavy (non-hydrogen) atoms. The number of hydrogen-bond acceptors (Lipinski definition) is 4. The van der Waals surface area contributed by atoms with Crippen LogP contribution in [-0.4, -0.2) is 9.85 Å². The Morgan fingerprint density at radius 2 is 0.688 bits per heavy atom. The molecule has 0 spiro atoms. The summed E-state index contributed by atoms with van der Waals surface area (Å²) < 4.78 is 0. The summed E-state index contributed by atoms with van der Waals surface area (Å²) >= 11 is 0. The molecule has 6 heteroatoms. The maximum absolute atomic E-state index is 10.8. The molecule has 0 saturated carbocycles. The van der Waals surface area contributed by atoms with Crippen LogP contribution < -0.4 is 0 Å². The van der Waals surface area contributed by atoms with Gasteiger partial charge in [0.2, 0.25) is 0 Å². The summed E-state index contributed by atoms with van der Waals surface area (Å²) in [5, 5.41) is 21.6. The molecule has 0 fully saturated rings. The molecule has 4 rings (SSSR count). The summed E-state index contributed by atoms with van der Waals surface area (Å²) in [4.78, 5) is 20.7. The van der Waals surface area contributed by atoms with Crippen LogP contribution in [0.4, 0.5) is 11.4 Å². The molecule has 0 N–H and O–H groups in total. The molecule has 4 aromatic carbocycles. The van der Waals surface area contributed by atoms with E-state index in [1.54, 1.807) is 24.3 Å². The summed E-state index contributed by atoms with van der Waals surface area (Å²) in [6.45, 7) is 0. The van der Waals surface area contributed by atoms with Gasteiger partial charge in [0.15, 0.2) is 0 Å². The van der Waals surface area contributed by atoms with Crippen LogP contribution in [0.15, 0.2) is 97.1 Å². The van der Waals surface area contributed by atoms with Crippen molar-refractivity contribution in [2.24, 2.45) is 0 Å². The van der Waals surface area contributed by atoms with Crippen LogP contribution in [0.3, 0.4) is 0 Å². The molecular weight excluding hydrogens is 404 g/mol. The van der Waals surface area contributed by atoms with Crippen LogP contribution in [-0.2, 0) is 0 Å². The van der Waals surface area contributed by atoms with E-state index in [-0.39, 0.29) is 11.4 Å². The van der Waals surface area contributed by atoms with Gasteiger partial charge in [-0.15, -0.1) is 0 Å². The van der Waals surface area contributed by atoms with Crippen LogP contribution in [0, 0.1) is 32.1 Å². The molecule has 0 bridgehead atoms. The van der Waals surface area contributed by atoms with Gasteiger partial charge in [-0.2, -0.15) is 0 Å². The third-order valence-electron chi connectivity index (χ3n) is 4.94. The van der Waals surface area contributed by atoms with E-state index in [1.807, 2.05) is 48.5 Å². The van der Waals surface area contributed by atoms with Gasteiger partial charge in [0.1, 0.15) is 0 Å². The van der Waals surface area contributed by atoms with Gasteiger partial charge in [-0.05, 0) is 70.8 Å². The Bertz CT molecular complexity index is 1230. The molecule has 0 amide bonds. The lowest BCUT2D eigenvalue weighted by atomic mass is 10.0. The Morgan fingerprint density at radius 3 is 0.938 bits per heavy atom. The van der Waals surface area contributed by atoms with E-state index in [9.17, 15) is 20.2 Å². The van der Waals surface area contributed by atoms with E-state index in [0.29, 0.717) is 0 Å². The molecule has 0 heterocycles. The van der Waals surface area contributed by atoms with Gasteiger partial charge in [-0.1, -0.05) is 36.1 Å². The zero-order chi connectivity index (χ0) is 22.5. The first-order valence-electron chi connectivity index (χ1n) is 9.71. The molecule has 0 aliphatic rings. The van der Waals surface area contributed by atoms with E-state index in [4.69, 9.17) is 0 Å². The number of nitro benzene ring substituents is 2. The second kappa shape index (κ2) is 8.94. The molecule has 0 unspecified atom stereocenters. The fourth-order valence-electron chi connectivity index (χ4n) is 3.19. The van der Waals surface area contributed by atoms with Gasteiger partial charge < -0.3 is 0 Å². The smallest absolute Gasteiger partial charge is 0.258 e. The minimum Gasteiger partial charge on any atom is -0.258 e. The van der Waals surface area contributed by atoms with Crippen molar-refractivity contribution in [3.8, 4) is 34.1 Å². The molecule has 0 radical (unpaired) electrons. The molecule has 4 aromatic rings. The van der Waals surface area contributed by atoms with Crippen LogP contribution >= 0.6 is 0 Å². The van der Waals surface area contributed by atoms with Crippen molar-refractivity contribution in [2.75, 3.05) is 0 Å². The van der Waals surface area contributed by atoms with Crippen molar-refractivity contribution in [2.45, 2.75) is 0 Å². The zero-order valence-electron chi connectivity index (χ0n) is 16.8. The van der Waals surface area contributed by atoms with Gasteiger partial charge in [0, 0.05) is 35.4 Å². The Kier molecular flexibility index (Phi) is 5.73. The molecule has 6 nitrogen and oxygen atoms in total. The normalized spacial score (nSPS) is 10.1. The first kappa shape index (κ1) is 20.5. The van der Waals surface area contributed by atoms with Crippen LogP contribution in [0.5, 0.6) is 0 Å². The van der Waals surface area contributed by atoms with E-state index >= 15 is 0 Å².